The first-order valence-corrected chi connectivity index (χ1v) is 9.83. The van der Waals surface area contributed by atoms with Crippen molar-refractivity contribution >= 4 is 34.7 Å². The van der Waals surface area contributed by atoms with Gasteiger partial charge in [0, 0.05) is 5.02 Å². The van der Waals surface area contributed by atoms with Crippen molar-refractivity contribution in [2.24, 2.45) is 0 Å². The molecule has 0 aliphatic rings. The molecule has 0 saturated carbocycles. The number of benzene rings is 2. The number of hydrogen-bond donors (Lipinski definition) is 0. The molecule has 9 heteroatoms. The molecule has 164 valence electrons. The van der Waals surface area contributed by atoms with Gasteiger partial charge in [-0.3, -0.25) is 4.57 Å². The number of fused-ring (bicyclic) bond motifs is 1. The highest BCUT2D eigenvalue weighted by Crippen LogP contribution is 2.28. The minimum atomic E-state index is -1.18. The Morgan fingerprint density at radius 1 is 1.03 bits per heavy atom. The van der Waals surface area contributed by atoms with Crippen LogP contribution < -0.4 is 10.4 Å². The highest BCUT2D eigenvalue weighted by atomic mass is 35.5. The summed E-state index contributed by atoms with van der Waals surface area (Å²) < 4.78 is 17.7. The number of ether oxygens (including phenoxy) is 3. The van der Waals surface area contributed by atoms with Crippen LogP contribution in [0.2, 0.25) is 5.02 Å². The standard InChI is InChI=1S/C22H23ClN2O6/c1-22(2,3)31-21(28)25-16-10-9-14(23)12-17(16)24(20(25)27)18(19(26)30-5)13-7-6-8-15(11-13)29-4/h6-12,18H,1-5H3. The molecule has 0 saturated heterocycles. The quantitative estimate of drug-likeness (QED) is 0.562. The molecular formula is C22H23ClN2O6. The first-order chi connectivity index (χ1) is 14.6. The molecule has 0 spiro atoms. The van der Waals surface area contributed by atoms with E-state index in [0.717, 1.165) is 4.57 Å². The Bertz CT molecular complexity index is 1200. The van der Waals surface area contributed by atoms with Crippen molar-refractivity contribution in [2.75, 3.05) is 14.2 Å². The van der Waals surface area contributed by atoms with Crippen LogP contribution in [-0.2, 0) is 14.3 Å². The second-order valence-corrected chi connectivity index (χ2v) is 8.24. The summed E-state index contributed by atoms with van der Waals surface area (Å²) in [6.07, 6.45) is -0.863. The Hall–Kier alpha value is -3.26. The molecule has 0 bridgehead atoms. The molecule has 1 heterocycles. The Morgan fingerprint density at radius 2 is 1.74 bits per heavy atom. The van der Waals surface area contributed by atoms with Crippen LogP contribution in [0.4, 0.5) is 4.79 Å². The molecule has 0 N–H and O–H groups in total. The summed E-state index contributed by atoms with van der Waals surface area (Å²) in [4.78, 5) is 39.1. The Kier molecular flexibility index (Phi) is 6.13. The van der Waals surface area contributed by atoms with Crippen molar-refractivity contribution < 1.29 is 23.8 Å². The van der Waals surface area contributed by atoms with Crippen molar-refractivity contribution in [3.8, 4) is 5.75 Å². The predicted octanol–water partition coefficient (Wildman–Crippen LogP) is 4.01. The molecule has 1 atom stereocenters. The van der Waals surface area contributed by atoms with Crippen molar-refractivity contribution in [2.45, 2.75) is 32.4 Å². The molecule has 0 aliphatic heterocycles. The monoisotopic (exact) mass is 446 g/mol. The normalized spacial score (nSPS) is 12.5. The SMILES string of the molecule is COC(=O)C(c1cccc(OC)c1)n1c(=O)n(C(=O)OC(C)(C)C)c2ccc(Cl)cc21. The van der Waals surface area contributed by atoms with Gasteiger partial charge in [-0.25, -0.2) is 14.4 Å². The van der Waals surface area contributed by atoms with Crippen LogP contribution in [0.25, 0.3) is 11.0 Å². The predicted molar refractivity (Wildman–Crippen MR) is 116 cm³/mol. The van der Waals surface area contributed by atoms with E-state index in [-0.39, 0.29) is 11.0 Å². The Balaban J connectivity index is 2.34. The van der Waals surface area contributed by atoms with Crippen LogP contribution >= 0.6 is 11.6 Å². The van der Waals surface area contributed by atoms with Crippen LogP contribution in [-0.4, -0.2) is 41.0 Å². The van der Waals surface area contributed by atoms with Gasteiger partial charge in [0.15, 0.2) is 6.04 Å². The van der Waals surface area contributed by atoms with E-state index in [0.29, 0.717) is 16.3 Å². The molecule has 3 aromatic rings. The largest absolute Gasteiger partial charge is 0.497 e. The fourth-order valence-corrected chi connectivity index (χ4v) is 3.41. The van der Waals surface area contributed by atoms with Crippen LogP contribution in [0.3, 0.4) is 0 Å². The summed E-state index contributed by atoms with van der Waals surface area (Å²) in [7, 11) is 2.72. The third-order valence-corrected chi connectivity index (χ3v) is 4.74. The van der Waals surface area contributed by atoms with Gasteiger partial charge in [-0.2, -0.15) is 4.57 Å². The van der Waals surface area contributed by atoms with E-state index in [4.69, 9.17) is 25.8 Å². The number of aromatic nitrogens is 2. The number of carbonyl (C=O) groups is 2. The molecule has 1 aromatic heterocycles. The fourth-order valence-electron chi connectivity index (χ4n) is 3.24. The molecule has 1 unspecified atom stereocenters. The first kappa shape index (κ1) is 22.4. The number of hydrogen-bond acceptors (Lipinski definition) is 6. The van der Waals surface area contributed by atoms with Crippen LogP contribution in [0.1, 0.15) is 32.4 Å². The van der Waals surface area contributed by atoms with Gasteiger partial charge < -0.3 is 14.2 Å². The lowest BCUT2D eigenvalue weighted by atomic mass is 10.1. The van der Waals surface area contributed by atoms with Crippen molar-refractivity contribution in [3.05, 3.63) is 63.5 Å². The zero-order valence-corrected chi connectivity index (χ0v) is 18.6. The molecule has 3 rings (SSSR count). The van der Waals surface area contributed by atoms with E-state index >= 15 is 0 Å². The van der Waals surface area contributed by atoms with Gasteiger partial charge in [0.25, 0.3) is 0 Å². The van der Waals surface area contributed by atoms with E-state index < -0.39 is 29.4 Å². The zero-order chi connectivity index (χ0) is 22.9. The molecule has 0 aliphatic carbocycles. The molecular weight excluding hydrogens is 424 g/mol. The van der Waals surface area contributed by atoms with E-state index in [1.54, 1.807) is 51.1 Å². The summed E-state index contributed by atoms with van der Waals surface area (Å²) in [5.74, 6) is -0.202. The molecule has 2 aromatic carbocycles. The minimum Gasteiger partial charge on any atom is -0.497 e. The average molecular weight is 447 g/mol. The van der Waals surface area contributed by atoms with E-state index in [9.17, 15) is 14.4 Å². The van der Waals surface area contributed by atoms with Gasteiger partial charge in [0.1, 0.15) is 11.4 Å². The average Bonchev–Trinajstić information content (AvgIpc) is 2.98. The van der Waals surface area contributed by atoms with Crippen molar-refractivity contribution in [1.82, 2.24) is 9.13 Å². The number of imidazole rings is 1. The van der Waals surface area contributed by atoms with Gasteiger partial charge in [0.2, 0.25) is 0 Å². The molecule has 8 nitrogen and oxygen atoms in total. The topological polar surface area (TPSA) is 88.8 Å². The lowest BCUT2D eigenvalue weighted by molar-refractivity contribution is -0.143. The second-order valence-electron chi connectivity index (χ2n) is 7.80. The number of esters is 1. The highest BCUT2D eigenvalue weighted by molar-refractivity contribution is 6.31. The Labute approximate surface area is 183 Å². The maximum Gasteiger partial charge on any atom is 0.423 e. The summed E-state index contributed by atoms with van der Waals surface area (Å²) in [5, 5.41) is 0.330. The zero-order valence-electron chi connectivity index (χ0n) is 17.8. The van der Waals surface area contributed by atoms with Crippen LogP contribution in [0, 0.1) is 0 Å². The Morgan fingerprint density at radius 3 is 2.35 bits per heavy atom. The third kappa shape index (κ3) is 4.44. The number of carbonyl (C=O) groups excluding carboxylic acids is 2. The van der Waals surface area contributed by atoms with Crippen LogP contribution in [0.15, 0.2) is 47.3 Å². The van der Waals surface area contributed by atoms with E-state index in [1.165, 1.54) is 30.9 Å². The summed E-state index contributed by atoms with van der Waals surface area (Å²) in [6, 6.07) is 10.1. The van der Waals surface area contributed by atoms with Crippen molar-refractivity contribution in [3.63, 3.8) is 0 Å². The molecule has 0 amide bonds. The van der Waals surface area contributed by atoms with Gasteiger partial charge in [-0.15, -0.1) is 0 Å². The maximum absolute atomic E-state index is 13.5. The maximum atomic E-state index is 13.5. The first-order valence-electron chi connectivity index (χ1n) is 9.45. The van der Waals surface area contributed by atoms with E-state index in [2.05, 4.69) is 0 Å². The van der Waals surface area contributed by atoms with Gasteiger partial charge in [-0.05, 0) is 56.7 Å². The van der Waals surface area contributed by atoms with Crippen molar-refractivity contribution in [1.29, 1.82) is 0 Å². The third-order valence-electron chi connectivity index (χ3n) is 4.50. The number of methoxy groups -OCH3 is 2. The number of halogens is 1. The van der Waals surface area contributed by atoms with Crippen LogP contribution in [0.5, 0.6) is 5.75 Å². The lowest BCUT2D eigenvalue weighted by Crippen LogP contribution is -2.37. The number of rotatable bonds is 4. The van der Waals surface area contributed by atoms with E-state index in [1.807, 2.05) is 0 Å². The minimum absolute atomic E-state index is 0.250. The second kappa shape index (κ2) is 8.47. The molecule has 0 radical (unpaired) electrons. The van der Waals surface area contributed by atoms with Gasteiger partial charge in [0.05, 0.1) is 25.3 Å². The number of nitrogens with zero attached hydrogens (tertiary/aromatic N) is 2. The van der Waals surface area contributed by atoms with Gasteiger partial charge in [-0.1, -0.05) is 23.7 Å². The summed E-state index contributed by atoms with van der Waals surface area (Å²) >= 11 is 6.17. The summed E-state index contributed by atoms with van der Waals surface area (Å²) in [6.45, 7) is 5.08. The smallest absolute Gasteiger partial charge is 0.423 e. The highest BCUT2D eigenvalue weighted by Gasteiger charge is 2.32. The molecule has 31 heavy (non-hydrogen) atoms. The molecule has 0 fully saturated rings. The fraction of sp³-hybridized carbons (Fsp3) is 0.318. The lowest BCUT2D eigenvalue weighted by Gasteiger charge is -2.19. The summed E-state index contributed by atoms with van der Waals surface area (Å²) in [5.41, 5.74) is -0.616. The van der Waals surface area contributed by atoms with Gasteiger partial charge >= 0.3 is 17.8 Å².